The first-order chi connectivity index (χ1) is 13.6. The molecule has 0 radical (unpaired) electrons. The van der Waals surface area contributed by atoms with Gasteiger partial charge in [0, 0.05) is 18.5 Å². The molecular formula is C19H14F2N6O. The average Bonchev–Trinajstić information content (AvgIpc) is 3.29. The van der Waals surface area contributed by atoms with Gasteiger partial charge in [0.25, 0.3) is 0 Å². The second-order valence-corrected chi connectivity index (χ2v) is 6.44. The Morgan fingerprint density at radius 3 is 2.75 bits per heavy atom. The minimum Gasteiger partial charge on any atom is -0.295 e. The molecule has 1 aromatic carbocycles. The van der Waals surface area contributed by atoms with Crippen molar-refractivity contribution in [3.63, 3.8) is 0 Å². The number of rotatable bonds is 4. The predicted molar refractivity (Wildman–Crippen MR) is 94.4 cm³/mol. The van der Waals surface area contributed by atoms with Gasteiger partial charge in [0.1, 0.15) is 11.8 Å². The van der Waals surface area contributed by atoms with Crippen LogP contribution in [0.15, 0.2) is 42.7 Å². The van der Waals surface area contributed by atoms with E-state index in [1.165, 1.54) is 34.1 Å². The molecule has 0 aliphatic carbocycles. The van der Waals surface area contributed by atoms with E-state index in [4.69, 9.17) is 0 Å². The second kappa shape index (κ2) is 7.15. The van der Waals surface area contributed by atoms with E-state index >= 15 is 0 Å². The number of aromatic nitrogens is 4. The van der Waals surface area contributed by atoms with Crippen molar-refractivity contribution in [1.82, 2.24) is 20.0 Å². The van der Waals surface area contributed by atoms with E-state index in [1.807, 2.05) is 0 Å². The SMILES string of the molecule is N#Cc1cc(N2CCC(Cc3ccc(F)c(F)c3)C2=O)nn1-c1ccnnc1. The summed E-state index contributed by atoms with van der Waals surface area (Å²) >= 11 is 0. The van der Waals surface area contributed by atoms with E-state index in [0.29, 0.717) is 36.5 Å². The van der Waals surface area contributed by atoms with Crippen molar-refractivity contribution < 1.29 is 13.6 Å². The number of halogens is 2. The first-order valence-electron chi connectivity index (χ1n) is 8.59. The molecule has 9 heteroatoms. The van der Waals surface area contributed by atoms with Crippen molar-refractivity contribution >= 4 is 11.7 Å². The Hall–Kier alpha value is -3.67. The van der Waals surface area contributed by atoms with Crippen molar-refractivity contribution in [3.05, 3.63) is 65.6 Å². The van der Waals surface area contributed by atoms with Crippen molar-refractivity contribution in [1.29, 1.82) is 5.26 Å². The Morgan fingerprint density at radius 1 is 1.18 bits per heavy atom. The first kappa shape index (κ1) is 17.7. The number of carbonyl (C=O) groups excluding carboxylic acids is 1. The molecule has 28 heavy (non-hydrogen) atoms. The Morgan fingerprint density at radius 2 is 2.04 bits per heavy atom. The summed E-state index contributed by atoms with van der Waals surface area (Å²) in [7, 11) is 0. The van der Waals surface area contributed by atoms with Crippen LogP contribution in [0.5, 0.6) is 0 Å². The number of nitriles is 1. The van der Waals surface area contributed by atoms with Gasteiger partial charge >= 0.3 is 0 Å². The largest absolute Gasteiger partial charge is 0.295 e. The van der Waals surface area contributed by atoms with Gasteiger partial charge in [-0.05, 0) is 36.6 Å². The molecule has 4 rings (SSSR count). The molecular weight excluding hydrogens is 366 g/mol. The maximum Gasteiger partial charge on any atom is 0.231 e. The number of hydrogen-bond acceptors (Lipinski definition) is 5. The van der Waals surface area contributed by atoms with E-state index in [9.17, 15) is 18.8 Å². The zero-order chi connectivity index (χ0) is 19.7. The summed E-state index contributed by atoms with van der Waals surface area (Å²) in [5, 5.41) is 21.2. The highest BCUT2D eigenvalue weighted by Crippen LogP contribution is 2.28. The molecule has 0 saturated carbocycles. The van der Waals surface area contributed by atoms with Crippen molar-refractivity contribution in [2.24, 2.45) is 5.92 Å². The van der Waals surface area contributed by atoms with Gasteiger partial charge in [-0.3, -0.25) is 9.69 Å². The number of amides is 1. The molecule has 140 valence electrons. The minimum absolute atomic E-state index is 0.160. The van der Waals surface area contributed by atoms with E-state index in [0.717, 1.165) is 12.1 Å². The van der Waals surface area contributed by atoms with Crippen LogP contribution in [-0.2, 0) is 11.2 Å². The lowest BCUT2D eigenvalue weighted by molar-refractivity contribution is -0.120. The van der Waals surface area contributed by atoms with E-state index in [-0.39, 0.29) is 17.5 Å². The normalized spacial score (nSPS) is 16.4. The first-order valence-corrected chi connectivity index (χ1v) is 8.59. The maximum atomic E-state index is 13.4. The highest BCUT2D eigenvalue weighted by Gasteiger charge is 2.34. The van der Waals surface area contributed by atoms with Crippen molar-refractivity contribution in [2.45, 2.75) is 12.8 Å². The van der Waals surface area contributed by atoms with Gasteiger partial charge in [0.15, 0.2) is 17.5 Å². The molecule has 3 heterocycles. The lowest BCUT2D eigenvalue weighted by Gasteiger charge is -2.14. The lowest BCUT2D eigenvalue weighted by Crippen LogP contribution is -2.28. The predicted octanol–water partition coefficient (Wildman–Crippen LogP) is 2.41. The van der Waals surface area contributed by atoms with Gasteiger partial charge < -0.3 is 0 Å². The van der Waals surface area contributed by atoms with Crippen LogP contribution >= 0.6 is 0 Å². The summed E-state index contributed by atoms with van der Waals surface area (Å²) in [4.78, 5) is 14.3. The summed E-state index contributed by atoms with van der Waals surface area (Å²) in [5.41, 5.74) is 1.38. The van der Waals surface area contributed by atoms with Gasteiger partial charge in [-0.25, -0.2) is 13.5 Å². The number of anilines is 1. The molecule has 2 aromatic heterocycles. The van der Waals surface area contributed by atoms with Gasteiger partial charge in [0.05, 0.1) is 18.1 Å². The number of nitrogens with zero attached hydrogens (tertiary/aromatic N) is 6. The fraction of sp³-hybridized carbons (Fsp3) is 0.211. The number of hydrogen-bond donors (Lipinski definition) is 0. The topological polar surface area (TPSA) is 87.7 Å². The Bertz CT molecular complexity index is 1080. The highest BCUT2D eigenvalue weighted by atomic mass is 19.2. The average molecular weight is 380 g/mol. The van der Waals surface area contributed by atoms with Crippen LogP contribution in [0.3, 0.4) is 0 Å². The van der Waals surface area contributed by atoms with E-state index in [2.05, 4.69) is 21.4 Å². The molecule has 0 N–H and O–H groups in total. The molecule has 3 aromatic rings. The van der Waals surface area contributed by atoms with E-state index in [1.54, 1.807) is 6.07 Å². The smallest absolute Gasteiger partial charge is 0.231 e. The van der Waals surface area contributed by atoms with Crippen molar-refractivity contribution in [2.75, 3.05) is 11.4 Å². The molecule has 7 nitrogen and oxygen atoms in total. The third-order valence-electron chi connectivity index (χ3n) is 4.68. The standard InChI is InChI=1S/C19H14F2N6O/c20-16-2-1-12(8-17(16)21)7-13-4-6-26(19(13)28)18-9-15(10-22)27(25-18)14-3-5-23-24-11-14/h1-3,5,8-9,11,13H,4,6-7H2. The zero-order valence-electron chi connectivity index (χ0n) is 14.6. The number of benzene rings is 1. The Kier molecular flexibility index (Phi) is 4.53. The fourth-order valence-electron chi connectivity index (χ4n) is 3.29. The monoisotopic (exact) mass is 380 g/mol. The maximum absolute atomic E-state index is 13.4. The second-order valence-electron chi connectivity index (χ2n) is 6.44. The minimum atomic E-state index is -0.928. The molecule has 1 unspecified atom stereocenters. The van der Waals surface area contributed by atoms with Gasteiger partial charge in [-0.15, -0.1) is 5.10 Å². The van der Waals surface area contributed by atoms with E-state index < -0.39 is 11.6 Å². The Labute approximate surface area is 158 Å². The summed E-state index contributed by atoms with van der Waals surface area (Å²) < 4.78 is 27.9. The van der Waals surface area contributed by atoms with Gasteiger partial charge in [-0.1, -0.05) is 6.07 Å². The van der Waals surface area contributed by atoms with Crippen LogP contribution in [0, 0.1) is 28.9 Å². The molecule has 1 atom stereocenters. The van der Waals surface area contributed by atoms with Crippen LogP contribution in [0.25, 0.3) is 5.69 Å². The molecule has 1 saturated heterocycles. The molecule has 1 aliphatic rings. The quantitative estimate of drug-likeness (QED) is 0.694. The van der Waals surface area contributed by atoms with Crippen LogP contribution < -0.4 is 4.90 Å². The molecule has 1 aliphatic heterocycles. The van der Waals surface area contributed by atoms with Gasteiger partial charge in [-0.2, -0.15) is 15.5 Å². The third kappa shape index (κ3) is 3.20. The summed E-state index contributed by atoms with van der Waals surface area (Å²) in [6.07, 6.45) is 3.82. The zero-order valence-corrected chi connectivity index (χ0v) is 14.6. The lowest BCUT2D eigenvalue weighted by atomic mass is 9.98. The van der Waals surface area contributed by atoms with Crippen LogP contribution in [0.2, 0.25) is 0 Å². The van der Waals surface area contributed by atoms with Crippen molar-refractivity contribution in [3.8, 4) is 11.8 Å². The summed E-state index contributed by atoms with van der Waals surface area (Å²) in [5.74, 6) is -1.99. The van der Waals surface area contributed by atoms with Gasteiger partial charge in [0.2, 0.25) is 5.91 Å². The molecule has 1 amide bonds. The summed E-state index contributed by atoms with van der Waals surface area (Å²) in [6, 6.07) is 8.90. The Balaban J connectivity index is 1.56. The number of carbonyl (C=O) groups is 1. The third-order valence-corrected chi connectivity index (χ3v) is 4.68. The molecule has 1 fully saturated rings. The van der Waals surface area contributed by atoms with Crippen LogP contribution in [-0.4, -0.2) is 32.4 Å². The summed E-state index contributed by atoms with van der Waals surface area (Å²) in [6.45, 7) is 0.434. The molecule has 0 bridgehead atoms. The molecule has 0 spiro atoms. The fourth-order valence-corrected chi connectivity index (χ4v) is 3.29. The van der Waals surface area contributed by atoms with Crippen LogP contribution in [0.1, 0.15) is 17.7 Å². The van der Waals surface area contributed by atoms with Crippen LogP contribution in [0.4, 0.5) is 14.6 Å². The highest BCUT2D eigenvalue weighted by molar-refractivity contribution is 5.96.